The number of hydrogen-bond donors (Lipinski definition) is 1. The van der Waals surface area contributed by atoms with E-state index < -0.39 is 12.1 Å². The van der Waals surface area contributed by atoms with E-state index in [0.29, 0.717) is 61.7 Å². The number of alkyl halides is 3. The van der Waals surface area contributed by atoms with Gasteiger partial charge in [0.15, 0.2) is 6.79 Å². The number of esters is 1. The van der Waals surface area contributed by atoms with Gasteiger partial charge in [0.1, 0.15) is 6.61 Å². The van der Waals surface area contributed by atoms with Gasteiger partial charge in [0.2, 0.25) is 0 Å². The van der Waals surface area contributed by atoms with Gasteiger partial charge in [0, 0.05) is 12.8 Å². The zero-order valence-electron chi connectivity index (χ0n) is 29.2. The first-order valence-corrected chi connectivity index (χ1v) is 18.1. The maximum Gasteiger partial charge on any atom is 0.391 e. The van der Waals surface area contributed by atoms with Crippen LogP contribution in [-0.2, 0) is 20.9 Å². The summed E-state index contributed by atoms with van der Waals surface area (Å²) >= 11 is 0. The van der Waals surface area contributed by atoms with E-state index >= 15 is 0 Å². The van der Waals surface area contributed by atoms with Crippen molar-refractivity contribution in [1.82, 2.24) is 0 Å². The van der Waals surface area contributed by atoms with Crippen LogP contribution >= 0.6 is 0 Å². The van der Waals surface area contributed by atoms with Crippen molar-refractivity contribution in [2.75, 3.05) is 6.79 Å². The molecule has 4 fully saturated rings. The molecule has 262 valence electrons. The van der Waals surface area contributed by atoms with Crippen molar-refractivity contribution in [3.05, 3.63) is 48.2 Å². The van der Waals surface area contributed by atoms with Gasteiger partial charge in [0.05, 0.1) is 11.7 Å². The molecule has 0 bridgehead atoms. The number of allylic oxidation sites excluding steroid dienone is 1. The second-order valence-electron chi connectivity index (χ2n) is 14.6. The fraction of sp³-hybridized carbons (Fsp3) is 0.769. The maximum absolute atomic E-state index is 13.3. The van der Waals surface area contributed by atoms with Crippen LogP contribution in [0.15, 0.2) is 42.7 Å². The zero-order chi connectivity index (χ0) is 34.0. The molecule has 0 amide bonds. The van der Waals surface area contributed by atoms with Gasteiger partial charge < -0.3 is 14.6 Å². The van der Waals surface area contributed by atoms with Crippen LogP contribution in [0.1, 0.15) is 130 Å². The lowest BCUT2D eigenvalue weighted by molar-refractivity contribution is -0.208. The molecular weight excluding hydrogens is 589 g/mol. The third kappa shape index (κ3) is 9.32. The number of aliphatic hydroxyl groups excluding tert-OH is 1. The lowest BCUT2D eigenvalue weighted by Gasteiger charge is -2.61. The minimum absolute atomic E-state index is 0.175. The third-order valence-corrected chi connectivity index (χ3v) is 12.3. The van der Waals surface area contributed by atoms with Crippen molar-refractivity contribution >= 4 is 5.97 Å². The predicted octanol–water partition coefficient (Wildman–Crippen LogP) is 11.0. The number of hydrogen-bond acceptors (Lipinski definition) is 4. The summed E-state index contributed by atoms with van der Waals surface area (Å²) in [7, 11) is 0. The highest BCUT2D eigenvalue weighted by Crippen LogP contribution is 2.68. The van der Waals surface area contributed by atoms with Crippen molar-refractivity contribution in [1.29, 1.82) is 0 Å². The van der Waals surface area contributed by atoms with Crippen LogP contribution in [0, 0.1) is 46.3 Å². The van der Waals surface area contributed by atoms with E-state index in [9.17, 15) is 18.0 Å². The Morgan fingerprint density at radius 1 is 0.935 bits per heavy atom. The fourth-order valence-electron chi connectivity index (χ4n) is 9.89. The van der Waals surface area contributed by atoms with Gasteiger partial charge in [-0.05, 0) is 110 Å². The summed E-state index contributed by atoms with van der Waals surface area (Å²) in [5, 5.41) is 8.48. The number of rotatable bonds is 10. The zero-order valence-corrected chi connectivity index (χ0v) is 29.2. The first-order chi connectivity index (χ1) is 21.9. The Balaban J connectivity index is 0.000000254. The van der Waals surface area contributed by atoms with Crippen LogP contribution in [-0.4, -0.2) is 24.0 Å². The summed E-state index contributed by atoms with van der Waals surface area (Å²) < 4.78 is 49.8. The van der Waals surface area contributed by atoms with E-state index in [2.05, 4.69) is 27.4 Å². The molecule has 1 N–H and O–H groups in total. The van der Waals surface area contributed by atoms with Crippen LogP contribution < -0.4 is 0 Å². The van der Waals surface area contributed by atoms with Gasteiger partial charge in [-0.15, -0.1) is 0 Å². The highest BCUT2D eigenvalue weighted by Gasteiger charge is 2.61. The molecule has 0 heterocycles. The summed E-state index contributed by atoms with van der Waals surface area (Å²) in [6, 6.07) is 9.53. The van der Waals surface area contributed by atoms with E-state index in [1.54, 1.807) is 0 Å². The molecule has 1 aromatic carbocycles. The molecule has 0 radical (unpaired) electrons. The largest absolute Gasteiger partial charge is 0.473 e. The van der Waals surface area contributed by atoms with Crippen molar-refractivity contribution in [3.8, 4) is 0 Å². The third-order valence-electron chi connectivity index (χ3n) is 12.3. The summed E-state index contributed by atoms with van der Waals surface area (Å²) in [4.78, 5) is 11.4. The van der Waals surface area contributed by atoms with Crippen LogP contribution in [0.2, 0.25) is 0 Å². The minimum atomic E-state index is -3.98. The van der Waals surface area contributed by atoms with Crippen molar-refractivity contribution in [2.24, 2.45) is 46.3 Å². The molecule has 4 aliphatic carbocycles. The Labute approximate surface area is 276 Å². The summed E-state index contributed by atoms with van der Waals surface area (Å²) in [5.41, 5.74) is 1.66. The normalized spacial score (nSPS) is 33.1. The molecule has 4 saturated carbocycles. The SMILES string of the molecule is C=C(CCCC(=O)OCc1ccccc1)OCO.CC.CCCC1CCC2C3CCC4CC(C(F)(F)F)CCC4(C)C3CCC12C. The van der Waals surface area contributed by atoms with E-state index in [0.717, 1.165) is 36.2 Å². The Morgan fingerprint density at radius 2 is 1.61 bits per heavy atom. The topological polar surface area (TPSA) is 55.8 Å². The predicted molar refractivity (Wildman–Crippen MR) is 178 cm³/mol. The van der Waals surface area contributed by atoms with E-state index in [1.807, 2.05) is 44.2 Å². The monoisotopic (exact) mass is 650 g/mol. The van der Waals surface area contributed by atoms with Gasteiger partial charge in [0.25, 0.3) is 0 Å². The molecule has 7 heteroatoms. The number of benzene rings is 1. The van der Waals surface area contributed by atoms with Gasteiger partial charge in [-0.3, -0.25) is 4.79 Å². The Bertz CT molecular complexity index is 1070. The van der Waals surface area contributed by atoms with Crippen LogP contribution in [0.3, 0.4) is 0 Å². The summed E-state index contributed by atoms with van der Waals surface area (Å²) in [6.07, 6.45) is 9.38. The molecule has 5 rings (SSSR count). The molecule has 46 heavy (non-hydrogen) atoms. The number of aliphatic hydroxyl groups is 1. The van der Waals surface area contributed by atoms with Gasteiger partial charge in [-0.2, -0.15) is 13.2 Å². The fourth-order valence-corrected chi connectivity index (χ4v) is 9.89. The average molecular weight is 651 g/mol. The number of ether oxygens (including phenoxy) is 2. The van der Waals surface area contributed by atoms with Crippen molar-refractivity contribution in [3.63, 3.8) is 0 Å². The molecule has 4 nitrogen and oxygen atoms in total. The molecule has 0 aliphatic heterocycles. The molecule has 0 aromatic heterocycles. The van der Waals surface area contributed by atoms with Crippen molar-refractivity contribution < 1.29 is 32.5 Å². The highest BCUT2D eigenvalue weighted by molar-refractivity contribution is 5.69. The Morgan fingerprint density at radius 3 is 2.26 bits per heavy atom. The number of halogens is 3. The van der Waals surface area contributed by atoms with Gasteiger partial charge in [-0.25, -0.2) is 0 Å². The first-order valence-electron chi connectivity index (χ1n) is 18.1. The van der Waals surface area contributed by atoms with E-state index in [4.69, 9.17) is 14.6 Å². The smallest absolute Gasteiger partial charge is 0.391 e. The molecule has 0 saturated heterocycles. The summed E-state index contributed by atoms with van der Waals surface area (Å²) in [6.45, 7) is 14.8. The van der Waals surface area contributed by atoms with Gasteiger partial charge >= 0.3 is 12.1 Å². The highest BCUT2D eigenvalue weighted by atomic mass is 19.4. The van der Waals surface area contributed by atoms with Crippen molar-refractivity contribution in [2.45, 2.75) is 137 Å². The summed E-state index contributed by atoms with van der Waals surface area (Å²) in [5.74, 6) is 2.73. The lowest BCUT2D eigenvalue weighted by atomic mass is 9.44. The quantitative estimate of drug-likeness (QED) is 0.156. The molecule has 1 aromatic rings. The number of carbonyl (C=O) groups excluding carboxylic acids is 1. The van der Waals surface area contributed by atoms with Crippen LogP contribution in [0.4, 0.5) is 13.2 Å². The maximum atomic E-state index is 13.3. The Kier molecular flexibility index (Phi) is 14.5. The molecular formula is C39H61F3O4. The number of fused-ring (bicyclic) bond motifs is 5. The first kappa shape index (κ1) is 38.4. The minimum Gasteiger partial charge on any atom is -0.473 e. The van der Waals surface area contributed by atoms with E-state index in [-0.39, 0.29) is 18.2 Å². The molecule has 8 unspecified atom stereocenters. The lowest BCUT2D eigenvalue weighted by Crippen LogP contribution is -2.54. The molecule has 8 atom stereocenters. The van der Waals surface area contributed by atoms with Gasteiger partial charge in [-0.1, -0.05) is 84.4 Å². The average Bonchev–Trinajstić information content (AvgIpc) is 3.37. The van der Waals surface area contributed by atoms with Crippen LogP contribution in [0.5, 0.6) is 0 Å². The number of carbonyl (C=O) groups is 1. The molecule has 4 aliphatic rings. The molecule has 0 spiro atoms. The Hall–Kier alpha value is -2.02. The second kappa shape index (κ2) is 17.4. The standard InChI is InChI=1S/C23H37F3.C14H18O4.C2H6/c1-4-5-15-7-9-19-18-8-6-16-14-17(23(24,25)26)10-12-22(16,3)20(18)11-13-21(15,19)2;1-12(18-11-15)6-5-9-14(16)17-10-13-7-3-2-4-8-13;1-2/h15-20H,4-14H2,1-3H3;2-4,7-8,15H,1,5-6,9-11H2;1-2H3. The van der Waals surface area contributed by atoms with Crippen LogP contribution in [0.25, 0.3) is 0 Å². The second-order valence-corrected chi connectivity index (χ2v) is 14.6. The van der Waals surface area contributed by atoms with E-state index in [1.165, 1.54) is 44.9 Å².